The highest BCUT2D eigenvalue weighted by atomic mass is 35.5. The summed E-state index contributed by atoms with van der Waals surface area (Å²) in [6.45, 7) is 0. The van der Waals surface area contributed by atoms with Crippen LogP contribution in [0.3, 0.4) is 0 Å². The topological polar surface area (TPSA) is 68.0 Å². The second-order valence-corrected chi connectivity index (χ2v) is 5.92. The average molecular weight is 260 g/mol. The number of anilines is 2. The molecule has 0 saturated carbocycles. The van der Waals surface area contributed by atoms with E-state index in [1.807, 2.05) is 0 Å². The van der Waals surface area contributed by atoms with E-state index in [-0.39, 0.29) is 0 Å². The summed E-state index contributed by atoms with van der Waals surface area (Å²) in [5.74, 6) is 2.13. The molecule has 2 rings (SSSR count). The van der Waals surface area contributed by atoms with E-state index >= 15 is 0 Å². The summed E-state index contributed by atoms with van der Waals surface area (Å²) < 4.78 is 11.2. The van der Waals surface area contributed by atoms with Crippen molar-refractivity contribution in [3.05, 3.63) is 17.3 Å². The van der Waals surface area contributed by atoms with Crippen LogP contribution in [-0.4, -0.2) is 26.7 Å². The molecule has 16 heavy (non-hydrogen) atoms. The number of nitrogens with zero attached hydrogens (tertiary/aromatic N) is 1. The van der Waals surface area contributed by atoms with E-state index in [2.05, 4.69) is 10.3 Å². The number of hydrogen-bond acceptors (Lipinski definition) is 4. The first kappa shape index (κ1) is 11.7. The fourth-order valence-corrected chi connectivity index (χ4v) is 3.14. The number of nitrogen functional groups attached to an aromatic ring is 1. The van der Waals surface area contributed by atoms with Crippen molar-refractivity contribution in [1.29, 1.82) is 0 Å². The molecular formula is C10H14ClN3OS. The molecule has 1 aliphatic rings. The van der Waals surface area contributed by atoms with Gasteiger partial charge in [0, 0.05) is 28.3 Å². The van der Waals surface area contributed by atoms with Gasteiger partial charge in [-0.2, -0.15) is 0 Å². The smallest absolute Gasteiger partial charge is 0.151 e. The lowest BCUT2D eigenvalue weighted by molar-refractivity contribution is 0.623. The molecule has 4 nitrogen and oxygen atoms in total. The largest absolute Gasteiger partial charge is 0.396 e. The SMILES string of the molecule is Nc1ccc(Cl)nc1NC1CCS(=O)CC1. The zero-order chi connectivity index (χ0) is 11.5. The third-order valence-electron chi connectivity index (χ3n) is 2.62. The fourth-order valence-electron chi connectivity index (χ4n) is 1.69. The van der Waals surface area contributed by atoms with Crippen LogP contribution in [0.4, 0.5) is 11.5 Å². The van der Waals surface area contributed by atoms with Gasteiger partial charge in [-0.1, -0.05) is 11.6 Å². The van der Waals surface area contributed by atoms with Crippen molar-refractivity contribution >= 4 is 33.9 Å². The first-order valence-electron chi connectivity index (χ1n) is 5.18. The minimum atomic E-state index is -0.646. The number of rotatable bonds is 2. The van der Waals surface area contributed by atoms with E-state index in [0.29, 0.717) is 22.7 Å². The quantitative estimate of drug-likeness (QED) is 0.793. The van der Waals surface area contributed by atoms with Crippen LogP contribution in [-0.2, 0) is 10.8 Å². The summed E-state index contributed by atoms with van der Waals surface area (Å²) in [5, 5.41) is 3.68. The Morgan fingerprint density at radius 1 is 1.44 bits per heavy atom. The third-order valence-corrected chi connectivity index (χ3v) is 4.21. The Hall–Kier alpha value is -0.810. The van der Waals surface area contributed by atoms with Gasteiger partial charge >= 0.3 is 0 Å². The van der Waals surface area contributed by atoms with Crippen molar-refractivity contribution in [1.82, 2.24) is 4.98 Å². The maximum Gasteiger partial charge on any atom is 0.151 e. The summed E-state index contributed by atoms with van der Waals surface area (Å²) in [7, 11) is -0.646. The number of halogens is 1. The summed E-state index contributed by atoms with van der Waals surface area (Å²) in [4.78, 5) is 4.14. The van der Waals surface area contributed by atoms with E-state index < -0.39 is 10.8 Å². The molecule has 0 aliphatic carbocycles. The van der Waals surface area contributed by atoms with Crippen LogP contribution in [0, 0.1) is 0 Å². The summed E-state index contributed by atoms with van der Waals surface area (Å²) in [6.07, 6.45) is 1.78. The van der Waals surface area contributed by atoms with Gasteiger partial charge in [0.2, 0.25) is 0 Å². The molecule has 0 unspecified atom stereocenters. The van der Waals surface area contributed by atoms with Gasteiger partial charge < -0.3 is 11.1 Å². The van der Waals surface area contributed by atoms with Crippen molar-refractivity contribution in [3.63, 3.8) is 0 Å². The van der Waals surface area contributed by atoms with Gasteiger partial charge in [0.05, 0.1) is 5.69 Å². The molecule has 1 aliphatic heterocycles. The van der Waals surface area contributed by atoms with Crippen LogP contribution in [0.25, 0.3) is 0 Å². The Kier molecular flexibility index (Phi) is 3.66. The van der Waals surface area contributed by atoms with Gasteiger partial charge in [-0.3, -0.25) is 4.21 Å². The van der Waals surface area contributed by atoms with Gasteiger partial charge in [-0.05, 0) is 25.0 Å². The molecule has 3 N–H and O–H groups in total. The predicted molar refractivity (Wildman–Crippen MR) is 68.2 cm³/mol. The van der Waals surface area contributed by atoms with E-state index in [1.54, 1.807) is 12.1 Å². The molecule has 0 spiro atoms. The van der Waals surface area contributed by atoms with Crippen LogP contribution in [0.1, 0.15) is 12.8 Å². The maximum absolute atomic E-state index is 11.2. The number of pyridine rings is 1. The second kappa shape index (κ2) is 5.01. The van der Waals surface area contributed by atoms with Crippen LogP contribution < -0.4 is 11.1 Å². The standard InChI is InChI=1S/C10H14ClN3OS/c11-9-2-1-8(12)10(14-9)13-7-3-5-16(15)6-4-7/h1-2,7H,3-6,12H2,(H,13,14). The fraction of sp³-hybridized carbons (Fsp3) is 0.500. The molecule has 1 aromatic heterocycles. The van der Waals surface area contributed by atoms with E-state index in [1.165, 1.54) is 0 Å². The van der Waals surface area contributed by atoms with Crippen molar-refractivity contribution in [2.24, 2.45) is 0 Å². The number of aromatic nitrogens is 1. The molecule has 6 heteroatoms. The zero-order valence-electron chi connectivity index (χ0n) is 8.78. The van der Waals surface area contributed by atoms with Crippen LogP contribution in [0.2, 0.25) is 5.15 Å². The van der Waals surface area contributed by atoms with E-state index in [9.17, 15) is 4.21 Å². The summed E-state index contributed by atoms with van der Waals surface area (Å²) >= 11 is 5.80. The molecule has 88 valence electrons. The second-order valence-electron chi connectivity index (χ2n) is 3.84. The first-order chi connectivity index (χ1) is 7.65. The molecular weight excluding hydrogens is 246 g/mol. The summed E-state index contributed by atoms with van der Waals surface area (Å²) in [6, 6.07) is 3.70. The molecule has 0 atom stereocenters. The number of hydrogen-bond donors (Lipinski definition) is 2. The number of nitrogens with one attached hydrogen (secondary N) is 1. The maximum atomic E-state index is 11.2. The molecule has 1 aromatic rings. The average Bonchev–Trinajstić information content (AvgIpc) is 2.27. The lowest BCUT2D eigenvalue weighted by Crippen LogP contribution is -2.30. The first-order valence-corrected chi connectivity index (χ1v) is 7.05. The Morgan fingerprint density at radius 2 is 2.12 bits per heavy atom. The van der Waals surface area contributed by atoms with Crippen molar-refractivity contribution in [2.45, 2.75) is 18.9 Å². The molecule has 0 bridgehead atoms. The van der Waals surface area contributed by atoms with Gasteiger partial charge in [-0.15, -0.1) is 0 Å². The van der Waals surface area contributed by atoms with E-state index in [4.69, 9.17) is 17.3 Å². The van der Waals surface area contributed by atoms with E-state index in [0.717, 1.165) is 24.3 Å². The highest BCUT2D eigenvalue weighted by molar-refractivity contribution is 7.85. The van der Waals surface area contributed by atoms with Crippen LogP contribution in [0.15, 0.2) is 12.1 Å². The molecule has 2 heterocycles. The van der Waals surface area contributed by atoms with Crippen LogP contribution in [0.5, 0.6) is 0 Å². The highest BCUT2D eigenvalue weighted by Gasteiger charge is 2.18. The lowest BCUT2D eigenvalue weighted by Gasteiger charge is -2.23. The Morgan fingerprint density at radius 3 is 2.81 bits per heavy atom. The molecule has 0 radical (unpaired) electrons. The predicted octanol–water partition coefficient (Wildman–Crippen LogP) is 1.64. The normalized spacial score (nSPS) is 25.3. The Labute approximate surface area is 102 Å². The van der Waals surface area contributed by atoms with Gasteiger partial charge in [0.15, 0.2) is 5.82 Å². The van der Waals surface area contributed by atoms with Crippen molar-refractivity contribution in [3.8, 4) is 0 Å². The third kappa shape index (κ3) is 2.86. The molecule has 1 saturated heterocycles. The van der Waals surface area contributed by atoms with Gasteiger partial charge in [0.25, 0.3) is 0 Å². The highest BCUT2D eigenvalue weighted by Crippen LogP contribution is 2.22. The minimum Gasteiger partial charge on any atom is -0.396 e. The molecule has 0 amide bonds. The summed E-state index contributed by atoms with van der Waals surface area (Å²) in [5.41, 5.74) is 6.38. The zero-order valence-corrected chi connectivity index (χ0v) is 10.4. The Balaban J connectivity index is 2.03. The minimum absolute atomic E-state index is 0.297. The van der Waals surface area contributed by atoms with Crippen molar-refractivity contribution < 1.29 is 4.21 Å². The van der Waals surface area contributed by atoms with Gasteiger partial charge in [-0.25, -0.2) is 4.98 Å². The van der Waals surface area contributed by atoms with Gasteiger partial charge in [0.1, 0.15) is 5.15 Å². The van der Waals surface area contributed by atoms with Crippen LogP contribution >= 0.6 is 11.6 Å². The van der Waals surface area contributed by atoms with Crippen molar-refractivity contribution in [2.75, 3.05) is 22.6 Å². The molecule has 0 aromatic carbocycles. The Bertz CT molecular complexity index is 403. The number of nitrogens with two attached hydrogens (primary N) is 1. The lowest BCUT2D eigenvalue weighted by atomic mass is 10.1. The molecule has 1 fully saturated rings. The monoisotopic (exact) mass is 259 g/mol.